The van der Waals surface area contributed by atoms with Gasteiger partial charge in [-0.2, -0.15) is 13.2 Å². The SMILES string of the molecule is COc1cc(CN2CCC(C)(CN)C2)c([N+](=O)[O-])cc1OCC(F)(F)F.Cl. The van der Waals surface area contributed by atoms with Crippen LogP contribution in [0.2, 0.25) is 0 Å². The van der Waals surface area contributed by atoms with Gasteiger partial charge in [0.25, 0.3) is 5.69 Å². The van der Waals surface area contributed by atoms with E-state index in [0.717, 1.165) is 19.0 Å². The molecule has 0 spiro atoms. The smallest absolute Gasteiger partial charge is 0.422 e. The van der Waals surface area contributed by atoms with Crippen LogP contribution in [-0.2, 0) is 6.54 Å². The minimum absolute atomic E-state index is 0. The predicted molar refractivity (Wildman–Crippen MR) is 95.5 cm³/mol. The molecule has 1 atom stereocenters. The van der Waals surface area contributed by atoms with Gasteiger partial charge in [-0.25, -0.2) is 0 Å². The second kappa shape index (κ2) is 8.94. The molecule has 2 rings (SSSR count). The molecule has 1 heterocycles. The number of rotatable bonds is 7. The fourth-order valence-electron chi connectivity index (χ4n) is 2.99. The lowest BCUT2D eigenvalue weighted by Crippen LogP contribution is -2.31. The van der Waals surface area contributed by atoms with Gasteiger partial charge in [-0.15, -0.1) is 12.4 Å². The molecule has 1 aromatic rings. The van der Waals surface area contributed by atoms with E-state index in [1.54, 1.807) is 0 Å². The molecule has 1 fully saturated rings. The standard InChI is InChI=1S/C16H22F3N3O4.ClH/c1-15(8-20)3-4-21(9-15)7-11-5-13(25-2)14(6-12(11)22(23)24)26-10-16(17,18)19;/h5-6H,3-4,7-10,20H2,1-2H3;1H. The number of nitro groups is 1. The van der Waals surface area contributed by atoms with Gasteiger partial charge in [-0.05, 0) is 31.0 Å². The Morgan fingerprint density at radius 1 is 1.37 bits per heavy atom. The molecule has 0 amide bonds. The van der Waals surface area contributed by atoms with Crippen LogP contribution in [0.5, 0.6) is 11.5 Å². The van der Waals surface area contributed by atoms with Crippen LogP contribution in [0.25, 0.3) is 0 Å². The molecular weight excluding hydrogens is 391 g/mol. The third-order valence-electron chi connectivity index (χ3n) is 4.48. The average Bonchev–Trinajstić information content (AvgIpc) is 2.93. The van der Waals surface area contributed by atoms with Gasteiger partial charge in [0, 0.05) is 18.7 Å². The van der Waals surface area contributed by atoms with Crippen LogP contribution in [0.3, 0.4) is 0 Å². The van der Waals surface area contributed by atoms with Crippen molar-refractivity contribution in [2.24, 2.45) is 11.1 Å². The van der Waals surface area contributed by atoms with Gasteiger partial charge in [0.05, 0.1) is 18.1 Å². The van der Waals surface area contributed by atoms with E-state index >= 15 is 0 Å². The normalized spacial score (nSPS) is 20.2. The molecule has 0 bridgehead atoms. The number of likely N-dealkylation sites (tertiary alicyclic amines) is 1. The number of methoxy groups -OCH3 is 1. The summed E-state index contributed by atoms with van der Waals surface area (Å²) in [6.45, 7) is 2.71. The third kappa shape index (κ3) is 6.12. The van der Waals surface area contributed by atoms with Gasteiger partial charge in [-0.1, -0.05) is 6.92 Å². The summed E-state index contributed by atoms with van der Waals surface area (Å²) in [5, 5.41) is 11.4. The predicted octanol–water partition coefficient (Wildman–Crippen LogP) is 3.14. The molecule has 27 heavy (non-hydrogen) atoms. The van der Waals surface area contributed by atoms with Crippen molar-refractivity contribution in [2.75, 3.05) is 33.4 Å². The van der Waals surface area contributed by atoms with Crippen molar-refractivity contribution in [3.05, 3.63) is 27.8 Å². The van der Waals surface area contributed by atoms with Gasteiger partial charge in [0.15, 0.2) is 18.1 Å². The molecule has 0 radical (unpaired) electrons. The zero-order valence-corrected chi connectivity index (χ0v) is 15.9. The Morgan fingerprint density at radius 2 is 2.04 bits per heavy atom. The van der Waals surface area contributed by atoms with E-state index in [0.29, 0.717) is 18.7 Å². The van der Waals surface area contributed by atoms with Crippen LogP contribution < -0.4 is 15.2 Å². The lowest BCUT2D eigenvalue weighted by atomic mass is 9.90. The van der Waals surface area contributed by atoms with E-state index in [4.69, 9.17) is 10.5 Å². The number of hydrogen-bond donors (Lipinski definition) is 1. The Hall–Kier alpha value is -1.78. The fraction of sp³-hybridized carbons (Fsp3) is 0.625. The van der Waals surface area contributed by atoms with Gasteiger partial charge in [0.2, 0.25) is 0 Å². The Labute approximate surface area is 161 Å². The van der Waals surface area contributed by atoms with Crippen molar-refractivity contribution in [2.45, 2.75) is 26.1 Å². The van der Waals surface area contributed by atoms with Crippen LogP contribution >= 0.6 is 12.4 Å². The molecule has 1 aliphatic heterocycles. The number of alkyl halides is 3. The monoisotopic (exact) mass is 413 g/mol. The second-order valence-corrected chi connectivity index (χ2v) is 6.77. The maximum absolute atomic E-state index is 12.4. The fourth-order valence-corrected chi connectivity index (χ4v) is 2.99. The number of nitrogens with zero attached hydrogens (tertiary/aromatic N) is 2. The van der Waals surface area contributed by atoms with Crippen LogP contribution in [-0.4, -0.2) is 49.4 Å². The van der Waals surface area contributed by atoms with E-state index in [1.807, 2.05) is 4.90 Å². The average molecular weight is 414 g/mol. The first-order valence-corrected chi connectivity index (χ1v) is 8.04. The molecule has 1 unspecified atom stereocenters. The topological polar surface area (TPSA) is 90.9 Å². The number of nitrogens with two attached hydrogens (primary N) is 1. The Morgan fingerprint density at radius 3 is 2.52 bits per heavy atom. The van der Waals surface area contributed by atoms with Gasteiger partial charge >= 0.3 is 6.18 Å². The largest absolute Gasteiger partial charge is 0.493 e. The summed E-state index contributed by atoms with van der Waals surface area (Å²) in [6.07, 6.45) is -3.68. The van der Waals surface area contributed by atoms with E-state index < -0.39 is 17.7 Å². The number of hydrogen-bond acceptors (Lipinski definition) is 6. The zero-order chi connectivity index (χ0) is 19.5. The first kappa shape index (κ1) is 23.3. The van der Waals surface area contributed by atoms with Gasteiger partial charge < -0.3 is 15.2 Å². The van der Waals surface area contributed by atoms with E-state index in [-0.39, 0.29) is 41.6 Å². The summed E-state index contributed by atoms with van der Waals surface area (Å²) >= 11 is 0. The van der Waals surface area contributed by atoms with E-state index in [9.17, 15) is 23.3 Å². The van der Waals surface area contributed by atoms with Crippen LogP contribution in [0.4, 0.5) is 18.9 Å². The number of benzene rings is 1. The number of nitro benzene ring substituents is 1. The Balaban J connectivity index is 0.00000364. The summed E-state index contributed by atoms with van der Waals surface area (Å²) in [4.78, 5) is 12.8. The van der Waals surface area contributed by atoms with Crippen molar-refractivity contribution >= 4 is 18.1 Å². The quantitative estimate of drug-likeness (QED) is 0.545. The molecule has 0 aliphatic carbocycles. The Bertz CT molecular complexity index is 675. The van der Waals surface area contributed by atoms with Crippen LogP contribution in [0.1, 0.15) is 18.9 Å². The van der Waals surface area contributed by atoms with Gasteiger partial charge in [0.1, 0.15) is 0 Å². The number of halogens is 4. The van der Waals surface area contributed by atoms with E-state index in [2.05, 4.69) is 11.7 Å². The van der Waals surface area contributed by atoms with Crippen molar-refractivity contribution in [1.82, 2.24) is 4.90 Å². The number of ether oxygens (including phenoxy) is 2. The summed E-state index contributed by atoms with van der Waals surface area (Å²) < 4.78 is 46.9. The molecule has 0 aromatic heterocycles. The molecule has 1 aliphatic rings. The van der Waals surface area contributed by atoms with Crippen LogP contribution in [0.15, 0.2) is 12.1 Å². The maximum atomic E-state index is 12.4. The van der Waals surface area contributed by atoms with Crippen molar-refractivity contribution in [3.63, 3.8) is 0 Å². The summed E-state index contributed by atoms with van der Waals surface area (Å²) in [5.41, 5.74) is 5.78. The lowest BCUT2D eigenvalue weighted by molar-refractivity contribution is -0.385. The molecule has 1 saturated heterocycles. The zero-order valence-electron chi connectivity index (χ0n) is 15.0. The van der Waals surface area contributed by atoms with Crippen LogP contribution in [0, 0.1) is 15.5 Å². The molecule has 0 saturated carbocycles. The first-order valence-electron chi connectivity index (χ1n) is 8.04. The first-order chi connectivity index (χ1) is 12.1. The summed E-state index contributed by atoms with van der Waals surface area (Å²) in [7, 11) is 1.27. The molecule has 1 aromatic carbocycles. The van der Waals surface area contributed by atoms with Crippen molar-refractivity contribution in [1.29, 1.82) is 0 Å². The van der Waals surface area contributed by atoms with Gasteiger partial charge in [-0.3, -0.25) is 15.0 Å². The minimum Gasteiger partial charge on any atom is -0.493 e. The van der Waals surface area contributed by atoms with E-state index in [1.165, 1.54) is 13.2 Å². The highest BCUT2D eigenvalue weighted by atomic mass is 35.5. The minimum atomic E-state index is -4.55. The van der Waals surface area contributed by atoms with Crippen molar-refractivity contribution < 1.29 is 27.6 Å². The molecule has 7 nitrogen and oxygen atoms in total. The highest BCUT2D eigenvalue weighted by Gasteiger charge is 2.34. The third-order valence-corrected chi connectivity index (χ3v) is 4.48. The lowest BCUT2D eigenvalue weighted by Gasteiger charge is -2.23. The second-order valence-electron chi connectivity index (χ2n) is 6.77. The highest BCUT2D eigenvalue weighted by molar-refractivity contribution is 5.85. The van der Waals surface area contributed by atoms with Crippen molar-refractivity contribution in [3.8, 4) is 11.5 Å². The maximum Gasteiger partial charge on any atom is 0.422 e. The Kier molecular flexibility index (Phi) is 7.70. The highest BCUT2D eigenvalue weighted by Crippen LogP contribution is 2.37. The molecule has 2 N–H and O–H groups in total. The molecule has 154 valence electrons. The summed E-state index contributed by atoms with van der Waals surface area (Å²) in [5.74, 6) is -0.288. The summed E-state index contributed by atoms with van der Waals surface area (Å²) in [6, 6.07) is 2.35. The molecular formula is C16H23ClF3N3O4. The molecule has 11 heteroatoms.